The van der Waals surface area contributed by atoms with Crippen LogP contribution in [0.3, 0.4) is 0 Å². The van der Waals surface area contributed by atoms with Crippen LogP contribution in [0, 0.1) is 5.92 Å². The third-order valence-corrected chi connectivity index (χ3v) is 2.17. The van der Waals surface area contributed by atoms with Gasteiger partial charge in [0, 0.05) is 12.8 Å². The Kier molecular flexibility index (Phi) is 4.49. The van der Waals surface area contributed by atoms with Gasteiger partial charge in [-0.25, -0.2) is 0 Å². The Labute approximate surface area is 89.2 Å². The molecule has 1 aliphatic rings. The molecular weight excluding hydrogens is 196 g/mol. The highest BCUT2D eigenvalue weighted by Crippen LogP contribution is 2.14. The quantitative estimate of drug-likeness (QED) is 0.398. The molecule has 84 valence electrons. The summed E-state index contributed by atoms with van der Waals surface area (Å²) in [5.74, 6) is -0.321. The molecule has 0 radical (unpaired) electrons. The molecular formula is C11H16O4. The van der Waals surface area contributed by atoms with Gasteiger partial charge in [-0.05, 0) is 12.5 Å². The van der Waals surface area contributed by atoms with Crippen LogP contribution in [0.25, 0.3) is 0 Å². The van der Waals surface area contributed by atoms with Crippen LogP contribution in [0.1, 0.15) is 20.3 Å². The van der Waals surface area contributed by atoms with Gasteiger partial charge in [-0.2, -0.15) is 0 Å². The maximum absolute atomic E-state index is 10.7. The molecule has 4 nitrogen and oxygen atoms in total. The first-order valence-corrected chi connectivity index (χ1v) is 5.04. The molecule has 0 N–H and O–H groups in total. The lowest BCUT2D eigenvalue weighted by Crippen LogP contribution is -2.29. The fourth-order valence-electron chi connectivity index (χ4n) is 1.43. The van der Waals surface area contributed by atoms with E-state index in [0.717, 1.165) is 6.29 Å². The fraction of sp³-hybridized carbons (Fsp3) is 0.636. The third kappa shape index (κ3) is 4.25. The molecule has 0 amide bonds. The molecule has 1 aliphatic heterocycles. The minimum atomic E-state index is -0.312. The molecule has 0 bridgehead atoms. The number of rotatable bonds is 4. The summed E-state index contributed by atoms with van der Waals surface area (Å²) in [5, 5.41) is 0. The first-order valence-electron chi connectivity index (χ1n) is 5.04. The van der Waals surface area contributed by atoms with E-state index in [-0.39, 0.29) is 24.1 Å². The van der Waals surface area contributed by atoms with E-state index in [2.05, 4.69) is 0 Å². The molecule has 1 rings (SSSR count). The van der Waals surface area contributed by atoms with E-state index in [1.165, 1.54) is 6.92 Å². The summed E-state index contributed by atoms with van der Waals surface area (Å²) in [6.45, 7) is 3.59. The smallest absolute Gasteiger partial charge is 0.303 e. The van der Waals surface area contributed by atoms with E-state index >= 15 is 0 Å². The van der Waals surface area contributed by atoms with Gasteiger partial charge in [0.1, 0.15) is 12.4 Å². The standard InChI is InChI=1S/C11H16O4/c1-8(6-12)5-10-3-4-11(7-14-10)15-9(2)13/h3-4,6,8,10-11H,5,7H2,1-2H3/t8?,10-,11+/m0/s1. The number of hydrogen-bond acceptors (Lipinski definition) is 4. The number of aldehydes is 1. The Morgan fingerprint density at radius 1 is 1.67 bits per heavy atom. The Hall–Kier alpha value is -1.16. The lowest BCUT2D eigenvalue weighted by atomic mass is 10.0. The van der Waals surface area contributed by atoms with E-state index in [0.29, 0.717) is 13.0 Å². The van der Waals surface area contributed by atoms with Crippen molar-refractivity contribution in [1.29, 1.82) is 0 Å². The number of carbonyl (C=O) groups excluding carboxylic acids is 2. The Balaban J connectivity index is 2.37. The fourth-order valence-corrected chi connectivity index (χ4v) is 1.43. The summed E-state index contributed by atoms with van der Waals surface area (Å²) >= 11 is 0. The average Bonchev–Trinajstić information content (AvgIpc) is 2.20. The van der Waals surface area contributed by atoms with Gasteiger partial charge in [-0.3, -0.25) is 4.79 Å². The van der Waals surface area contributed by atoms with Crippen molar-refractivity contribution < 1.29 is 19.1 Å². The van der Waals surface area contributed by atoms with Gasteiger partial charge in [0.2, 0.25) is 0 Å². The first kappa shape index (κ1) is 11.9. The van der Waals surface area contributed by atoms with Crippen molar-refractivity contribution in [3.05, 3.63) is 12.2 Å². The van der Waals surface area contributed by atoms with Crippen molar-refractivity contribution in [1.82, 2.24) is 0 Å². The number of ether oxygens (including phenoxy) is 2. The minimum absolute atomic E-state index is 0.00933. The monoisotopic (exact) mass is 212 g/mol. The second-order valence-electron chi connectivity index (χ2n) is 3.75. The normalized spacial score (nSPS) is 27.1. The van der Waals surface area contributed by atoms with Crippen molar-refractivity contribution >= 4 is 12.3 Å². The molecule has 0 aromatic carbocycles. The second-order valence-corrected chi connectivity index (χ2v) is 3.75. The molecule has 0 aromatic rings. The summed E-state index contributed by atoms with van der Waals surface area (Å²) in [5.41, 5.74) is 0. The summed E-state index contributed by atoms with van der Waals surface area (Å²) in [6.07, 6.45) is 4.91. The van der Waals surface area contributed by atoms with Crippen LogP contribution in [0.5, 0.6) is 0 Å². The van der Waals surface area contributed by atoms with Crippen LogP contribution >= 0.6 is 0 Å². The Morgan fingerprint density at radius 3 is 2.87 bits per heavy atom. The van der Waals surface area contributed by atoms with Gasteiger partial charge < -0.3 is 14.3 Å². The van der Waals surface area contributed by atoms with Gasteiger partial charge in [-0.1, -0.05) is 13.0 Å². The van der Waals surface area contributed by atoms with Crippen molar-refractivity contribution in [2.75, 3.05) is 6.61 Å². The highest BCUT2D eigenvalue weighted by atomic mass is 16.6. The van der Waals surface area contributed by atoms with Crippen molar-refractivity contribution in [2.45, 2.75) is 32.5 Å². The van der Waals surface area contributed by atoms with Crippen LogP contribution in [0.2, 0.25) is 0 Å². The highest BCUT2D eigenvalue weighted by Gasteiger charge is 2.19. The van der Waals surface area contributed by atoms with Crippen LogP contribution in [0.15, 0.2) is 12.2 Å². The molecule has 0 aromatic heterocycles. The van der Waals surface area contributed by atoms with Crippen LogP contribution in [-0.4, -0.2) is 31.1 Å². The highest BCUT2D eigenvalue weighted by molar-refractivity contribution is 5.66. The van der Waals surface area contributed by atoms with Crippen LogP contribution in [-0.2, 0) is 19.1 Å². The third-order valence-electron chi connectivity index (χ3n) is 2.17. The summed E-state index contributed by atoms with van der Waals surface area (Å²) < 4.78 is 10.4. The number of hydrogen-bond donors (Lipinski definition) is 0. The molecule has 0 saturated heterocycles. The molecule has 0 saturated carbocycles. The van der Waals surface area contributed by atoms with Gasteiger partial charge in [0.15, 0.2) is 0 Å². The number of carbonyl (C=O) groups is 2. The van der Waals surface area contributed by atoms with E-state index < -0.39 is 0 Å². The molecule has 15 heavy (non-hydrogen) atoms. The molecule has 3 atom stereocenters. The van der Waals surface area contributed by atoms with Gasteiger partial charge in [-0.15, -0.1) is 0 Å². The molecule has 1 unspecified atom stereocenters. The SMILES string of the molecule is CC(=O)O[C@@H]1C=C[C@@H](CC(C)C=O)OC1. The zero-order valence-corrected chi connectivity index (χ0v) is 9.01. The van der Waals surface area contributed by atoms with Gasteiger partial charge in [0.05, 0.1) is 12.7 Å². The van der Waals surface area contributed by atoms with E-state index in [9.17, 15) is 9.59 Å². The first-order chi connectivity index (χ1) is 7.11. The molecule has 0 aliphatic carbocycles. The van der Waals surface area contributed by atoms with E-state index in [1.807, 2.05) is 19.1 Å². The van der Waals surface area contributed by atoms with Crippen LogP contribution in [0.4, 0.5) is 0 Å². The predicted octanol–water partition coefficient (Wildman–Crippen LogP) is 1.10. The average molecular weight is 212 g/mol. The second kappa shape index (κ2) is 5.66. The topological polar surface area (TPSA) is 52.6 Å². The van der Waals surface area contributed by atoms with Crippen molar-refractivity contribution in [3.63, 3.8) is 0 Å². The van der Waals surface area contributed by atoms with E-state index in [1.54, 1.807) is 0 Å². The zero-order valence-electron chi connectivity index (χ0n) is 9.01. The van der Waals surface area contributed by atoms with Crippen LogP contribution < -0.4 is 0 Å². The molecule has 0 fully saturated rings. The summed E-state index contributed by atoms with van der Waals surface area (Å²) in [4.78, 5) is 21.1. The Morgan fingerprint density at radius 2 is 2.40 bits per heavy atom. The summed E-state index contributed by atoms with van der Waals surface area (Å²) in [6, 6.07) is 0. The lowest BCUT2D eigenvalue weighted by molar-refractivity contribution is -0.148. The van der Waals surface area contributed by atoms with Crippen molar-refractivity contribution in [3.8, 4) is 0 Å². The summed E-state index contributed by atoms with van der Waals surface area (Å²) in [7, 11) is 0. The minimum Gasteiger partial charge on any atom is -0.456 e. The molecule has 1 heterocycles. The predicted molar refractivity (Wildman–Crippen MR) is 54.3 cm³/mol. The van der Waals surface area contributed by atoms with Gasteiger partial charge in [0.25, 0.3) is 0 Å². The largest absolute Gasteiger partial charge is 0.456 e. The maximum atomic E-state index is 10.7. The maximum Gasteiger partial charge on any atom is 0.303 e. The lowest BCUT2D eigenvalue weighted by Gasteiger charge is -2.24. The van der Waals surface area contributed by atoms with E-state index in [4.69, 9.17) is 9.47 Å². The zero-order chi connectivity index (χ0) is 11.3. The van der Waals surface area contributed by atoms with Gasteiger partial charge >= 0.3 is 5.97 Å². The molecule has 4 heteroatoms. The number of esters is 1. The van der Waals surface area contributed by atoms with Crippen molar-refractivity contribution in [2.24, 2.45) is 5.92 Å². The Bertz CT molecular complexity index is 259. The molecule has 0 spiro atoms.